The van der Waals surface area contributed by atoms with E-state index in [4.69, 9.17) is 4.74 Å². The Labute approximate surface area is 143 Å². The van der Waals surface area contributed by atoms with Gasteiger partial charge in [0.25, 0.3) is 5.91 Å². The van der Waals surface area contributed by atoms with Gasteiger partial charge in [-0.3, -0.25) is 4.79 Å². The normalized spacial score (nSPS) is 14.5. The van der Waals surface area contributed by atoms with Gasteiger partial charge >= 0.3 is 0 Å². The number of benzene rings is 2. The highest BCUT2D eigenvalue weighted by molar-refractivity contribution is 6.04. The summed E-state index contributed by atoms with van der Waals surface area (Å²) in [6.07, 6.45) is 3.85. The lowest BCUT2D eigenvalue weighted by Crippen LogP contribution is -2.29. The molecule has 1 heterocycles. The van der Waals surface area contributed by atoms with Gasteiger partial charge in [0.2, 0.25) is 0 Å². The third kappa shape index (κ3) is 4.15. The van der Waals surface area contributed by atoms with Crippen molar-refractivity contribution in [1.29, 1.82) is 0 Å². The number of rotatable bonds is 5. The molecular formula is C20H24N2O2. The number of piperidine rings is 1. The molecule has 0 bridgehead atoms. The molecule has 0 atom stereocenters. The molecule has 0 saturated carbocycles. The van der Waals surface area contributed by atoms with Gasteiger partial charge in [0, 0.05) is 37.1 Å². The van der Waals surface area contributed by atoms with Crippen LogP contribution in [0, 0.1) is 0 Å². The zero-order valence-electron chi connectivity index (χ0n) is 14.1. The van der Waals surface area contributed by atoms with Gasteiger partial charge in [0.05, 0.1) is 6.61 Å². The average Bonchev–Trinajstić information content (AvgIpc) is 2.64. The van der Waals surface area contributed by atoms with Crippen molar-refractivity contribution in [2.45, 2.75) is 25.9 Å². The molecule has 126 valence electrons. The van der Waals surface area contributed by atoms with Gasteiger partial charge in [-0.05, 0) is 61.2 Å². The van der Waals surface area contributed by atoms with Crippen LogP contribution >= 0.6 is 0 Å². The largest absolute Gasteiger partial charge is 0.380 e. The average molecular weight is 324 g/mol. The number of nitrogens with one attached hydrogen (secondary N) is 1. The van der Waals surface area contributed by atoms with Crippen LogP contribution in [0.2, 0.25) is 0 Å². The van der Waals surface area contributed by atoms with E-state index in [-0.39, 0.29) is 5.91 Å². The predicted molar refractivity (Wildman–Crippen MR) is 97.6 cm³/mol. The molecule has 0 aliphatic carbocycles. The van der Waals surface area contributed by atoms with Crippen LogP contribution in [0.4, 0.5) is 11.4 Å². The van der Waals surface area contributed by atoms with Crippen molar-refractivity contribution in [3.8, 4) is 0 Å². The van der Waals surface area contributed by atoms with Gasteiger partial charge in [-0.25, -0.2) is 0 Å². The molecule has 24 heavy (non-hydrogen) atoms. The van der Waals surface area contributed by atoms with Crippen LogP contribution in [-0.4, -0.2) is 26.1 Å². The Bertz CT molecular complexity index is 659. The highest BCUT2D eigenvalue weighted by Crippen LogP contribution is 2.22. The summed E-state index contributed by atoms with van der Waals surface area (Å²) in [5.74, 6) is -0.0929. The zero-order valence-corrected chi connectivity index (χ0v) is 14.1. The first-order chi connectivity index (χ1) is 11.8. The molecule has 0 spiro atoms. The van der Waals surface area contributed by atoms with E-state index in [1.54, 1.807) is 7.11 Å². The summed E-state index contributed by atoms with van der Waals surface area (Å²) < 4.78 is 5.08. The van der Waals surface area contributed by atoms with Crippen molar-refractivity contribution in [3.63, 3.8) is 0 Å². The van der Waals surface area contributed by atoms with Crippen LogP contribution in [-0.2, 0) is 11.3 Å². The third-order valence-electron chi connectivity index (χ3n) is 4.37. The molecule has 1 amide bonds. The highest BCUT2D eigenvalue weighted by atomic mass is 16.5. The fourth-order valence-electron chi connectivity index (χ4n) is 3.03. The second-order valence-corrected chi connectivity index (χ2v) is 6.18. The fraction of sp³-hybridized carbons (Fsp3) is 0.350. The van der Waals surface area contributed by atoms with Gasteiger partial charge < -0.3 is 15.0 Å². The van der Waals surface area contributed by atoms with Crippen molar-refractivity contribution in [2.75, 3.05) is 30.4 Å². The predicted octanol–water partition coefficient (Wildman–Crippen LogP) is 4.08. The molecule has 0 radical (unpaired) electrons. The summed E-state index contributed by atoms with van der Waals surface area (Å²) in [5, 5.41) is 2.95. The van der Waals surface area contributed by atoms with Gasteiger partial charge in [-0.2, -0.15) is 0 Å². The zero-order chi connectivity index (χ0) is 16.8. The lowest BCUT2D eigenvalue weighted by Gasteiger charge is -2.28. The summed E-state index contributed by atoms with van der Waals surface area (Å²) in [5.41, 5.74) is 3.76. The minimum Gasteiger partial charge on any atom is -0.380 e. The Morgan fingerprint density at radius 2 is 1.67 bits per heavy atom. The van der Waals surface area contributed by atoms with Gasteiger partial charge in [0.15, 0.2) is 0 Å². The molecule has 1 aliphatic heterocycles. The van der Waals surface area contributed by atoms with Crippen LogP contribution < -0.4 is 10.2 Å². The standard InChI is InChI=1S/C20H24N2O2/c1-24-15-16-5-7-17(8-6-16)20(23)21-18-9-11-19(12-10-18)22-13-3-2-4-14-22/h5-12H,2-4,13-15H2,1H3,(H,21,23). The smallest absolute Gasteiger partial charge is 0.255 e. The maximum absolute atomic E-state index is 12.3. The maximum atomic E-state index is 12.3. The van der Waals surface area contributed by atoms with Crippen LogP contribution in [0.15, 0.2) is 48.5 Å². The summed E-state index contributed by atoms with van der Waals surface area (Å²) in [6, 6.07) is 15.6. The Morgan fingerprint density at radius 3 is 2.29 bits per heavy atom. The minimum atomic E-state index is -0.0929. The molecule has 1 N–H and O–H groups in total. The van der Waals surface area contributed by atoms with Crippen molar-refractivity contribution in [1.82, 2.24) is 0 Å². The van der Waals surface area contributed by atoms with Gasteiger partial charge in [0.1, 0.15) is 0 Å². The van der Waals surface area contributed by atoms with Crippen molar-refractivity contribution in [2.24, 2.45) is 0 Å². The number of carbonyl (C=O) groups is 1. The first-order valence-corrected chi connectivity index (χ1v) is 8.50. The molecule has 4 heteroatoms. The maximum Gasteiger partial charge on any atom is 0.255 e. The van der Waals surface area contributed by atoms with Gasteiger partial charge in [-0.15, -0.1) is 0 Å². The minimum absolute atomic E-state index is 0.0929. The molecule has 3 rings (SSSR count). The fourth-order valence-corrected chi connectivity index (χ4v) is 3.03. The monoisotopic (exact) mass is 324 g/mol. The van der Waals surface area contributed by atoms with E-state index in [1.807, 2.05) is 36.4 Å². The third-order valence-corrected chi connectivity index (χ3v) is 4.37. The van der Waals surface area contributed by atoms with Crippen molar-refractivity contribution >= 4 is 17.3 Å². The van der Waals surface area contributed by atoms with E-state index in [2.05, 4.69) is 22.3 Å². The molecule has 0 unspecified atom stereocenters. The molecule has 1 saturated heterocycles. The molecule has 4 nitrogen and oxygen atoms in total. The summed E-state index contributed by atoms with van der Waals surface area (Å²) in [7, 11) is 1.66. The Balaban J connectivity index is 1.61. The summed E-state index contributed by atoms with van der Waals surface area (Å²) in [4.78, 5) is 14.7. The quantitative estimate of drug-likeness (QED) is 0.901. The first-order valence-electron chi connectivity index (χ1n) is 8.50. The van der Waals surface area contributed by atoms with Crippen LogP contribution in [0.5, 0.6) is 0 Å². The number of nitrogens with zero attached hydrogens (tertiary/aromatic N) is 1. The lowest BCUT2D eigenvalue weighted by molar-refractivity contribution is 0.102. The number of amides is 1. The van der Waals surface area contributed by atoms with E-state index in [1.165, 1.54) is 24.9 Å². The van der Waals surface area contributed by atoms with Crippen molar-refractivity contribution in [3.05, 3.63) is 59.7 Å². The van der Waals surface area contributed by atoms with Crippen LogP contribution in [0.3, 0.4) is 0 Å². The van der Waals surface area contributed by atoms with Crippen molar-refractivity contribution < 1.29 is 9.53 Å². The number of methoxy groups -OCH3 is 1. The van der Waals surface area contributed by atoms with E-state index in [9.17, 15) is 4.79 Å². The molecule has 2 aromatic carbocycles. The summed E-state index contributed by atoms with van der Waals surface area (Å²) in [6.45, 7) is 2.80. The molecule has 0 aromatic heterocycles. The highest BCUT2D eigenvalue weighted by Gasteiger charge is 2.11. The van der Waals surface area contributed by atoms with Gasteiger partial charge in [-0.1, -0.05) is 12.1 Å². The second-order valence-electron chi connectivity index (χ2n) is 6.18. The Kier molecular flexibility index (Phi) is 5.49. The molecule has 1 aliphatic rings. The van der Waals surface area contributed by atoms with Crippen LogP contribution in [0.25, 0.3) is 0 Å². The van der Waals surface area contributed by atoms with E-state index >= 15 is 0 Å². The number of hydrogen-bond donors (Lipinski definition) is 1. The van der Waals surface area contributed by atoms with Crippen LogP contribution in [0.1, 0.15) is 35.2 Å². The summed E-state index contributed by atoms with van der Waals surface area (Å²) >= 11 is 0. The molecule has 2 aromatic rings. The number of anilines is 2. The Hall–Kier alpha value is -2.33. The first kappa shape index (κ1) is 16.5. The molecular weight excluding hydrogens is 300 g/mol. The molecule has 1 fully saturated rings. The number of carbonyl (C=O) groups excluding carboxylic acids is 1. The topological polar surface area (TPSA) is 41.6 Å². The Morgan fingerprint density at radius 1 is 1.00 bits per heavy atom. The lowest BCUT2D eigenvalue weighted by atomic mass is 10.1. The number of hydrogen-bond acceptors (Lipinski definition) is 3. The SMILES string of the molecule is COCc1ccc(C(=O)Nc2ccc(N3CCCCC3)cc2)cc1. The van der Waals surface area contributed by atoms with E-state index in [0.717, 1.165) is 24.3 Å². The number of ether oxygens (including phenoxy) is 1. The van der Waals surface area contributed by atoms with E-state index in [0.29, 0.717) is 12.2 Å². The second kappa shape index (κ2) is 7.97. The van der Waals surface area contributed by atoms with E-state index < -0.39 is 0 Å².